The van der Waals surface area contributed by atoms with Gasteiger partial charge in [-0.25, -0.2) is 0 Å². The van der Waals surface area contributed by atoms with Crippen molar-refractivity contribution in [1.29, 1.82) is 0 Å². The number of hydrogen-bond acceptors (Lipinski definition) is 5. The van der Waals surface area contributed by atoms with Crippen molar-refractivity contribution < 1.29 is 19.1 Å². The van der Waals surface area contributed by atoms with Crippen LogP contribution in [0.5, 0.6) is 11.5 Å². The molecule has 0 saturated carbocycles. The third-order valence-corrected chi connectivity index (χ3v) is 4.43. The summed E-state index contributed by atoms with van der Waals surface area (Å²) in [6.07, 6.45) is 0. The summed E-state index contributed by atoms with van der Waals surface area (Å²) in [5.74, 6) is 0.351. The number of nitrogens with one attached hydrogen (secondary N) is 3. The molecule has 2 amide bonds. The van der Waals surface area contributed by atoms with E-state index in [2.05, 4.69) is 16.2 Å². The minimum Gasteiger partial charge on any atom is -0.497 e. The molecule has 0 heterocycles. The Hall–Kier alpha value is -3.91. The lowest BCUT2D eigenvalue weighted by atomic mass is 10.1. The van der Waals surface area contributed by atoms with Crippen LogP contribution < -0.4 is 25.6 Å². The summed E-state index contributed by atoms with van der Waals surface area (Å²) >= 11 is 5.04. The first-order valence-corrected chi connectivity index (χ1v) is 9.79. The van der Waals surface area contributed by atoms with Gasteiger partial charge < -0.3 is 9.47 Å². The Kier molecular flexibility index (Phi) is 7.56. The fourth-order valence-corrected chi connectivity index (χ4v) is 2.85. The zero-order valence-electron chi connectivity index (χ0n) is 16.8. The quantitative estimate of drug-likeness (QED) is 0.407. The van der Waals surface area contributed by atoms with Crippen LogP contribution in [0.3, 0.4) is 0 Å². The molecule has 0 bridgehead atoms. The molecule has 0 unspecified atom stereocenters. The standard InChI is InChI=1S/C23H21N3O4S/c1-29-18-13-11-17(12-14-18)22(28)24-23(31)26-25-21(27)15-30-20-10-6-5-9-19(20)16-7-3-2-4-8-16/h2-14H,15H2,1H3,(H,25,27)(H2,24,26,28,31). The summed E-state index contributed by atoms with van der Waals surface area (Å²) in [7, 11) is 1.54. The van der Waals surface area contributed by atoms with Gasteiger partial charge in [-0.05, 0) is 48.1 Å². The lowest BCUT2D eigenvalue weighted by Crippen LogP contribution is -2.49. The first-order valence-electron chi connectivity index (χ1n) is 9.38. The number of amides is 2. The van der Waals surface area contributed by atoms with Crippen molar-refractivity contribution in [3.63, 3.8) is 0 Å². The van der Waals surface area contributed by atoms with Crippen molar-refractivity contribution in [3.05, 3.63) is 84.4 Å². The number of ether oxygens (including phenoxy) is 2. The lowest BCUT2D eigenvalue weighted by Gasteiger charge is -2.13. The van der Waals surface area contributed by atoms with Crippen molar-refractivity contribution in [2.75, 3.05) is 13.7 Å². The van der Waals surface area contributed by atoms with E-state index >= 15 is 0 Å². The fourth-order valence-electron chi connectivity index (χ4n) is 2.70. The monoisotopic (exact) mass is 435 g/mol. The molecule has 0 aromatic heterocycles. The topological polar surface area (TPSA) is 88.7 Å². The van der Waals surface area contributed by atoms with Crippen LogP contribution in [-0.4, -0.2) is 30.6 Å². The van der Waals surface area contributed by atoms with E-state index in [0.717, 1.165) is 11.1 Å². The van der Waals surface area contributed by atoms with Crippen LogP contribution in [0.2, 0.25) is 0 Å². The number of carbonyl (C=O) groups is 2. The molecule has 3 rings (SSSR count). The molecular formula is C23H21N3O4S. The van der Waals surface area contributed by atoms with Crippen LogP contribution in [0, 0.1) is 0 Å². The third kappa shape index (κ3) is 6.28. The highest BCUT2D eigenvalue weighted by Gasteiger charge is 2.10. The maximum Gasteiger partial charge on any atom is 0.276 e. The minimum absolute atomic E-state index is 0.0427. The smallest absolute Gasteiger partial charge is 0.276 e. The van der Waals surface area contributed by atoms with Crippen LogP contribution in [0.25, 0.3) is 11.1 Å². The van der Waals surface area contributed by atoms with Crippen molar-refractivity contribution in [2.45, 2.75) is 0 Å². The Balaban J connectivity index is 1.47. The summed E-state index contributed by atoms with van der Waals surface area (Å²) in [6.45, 7) is -0.230. The van der Waals surface area contributed by atoms with E-state index in [1.54, 1.807) is 37.4 Å². The summed E-state index contributed by atoms with van der Waals surface area (Å²) in [6, 6.07) is 23.7. The number of benzene rings is 3. The third-order valence-electron chi connectivity index (χ3n) is 4.23. The van der Waals surface area contributed by atoms with Gasteiger partial charge in [-0.3, -0.25) is 25.8 Å². The molecule has 0 spiro atoms. The second-order valence-electron chi connectivity index (χ2n) is 6.34. The van der Waals surface area contributed by atoms with Crippen molar-refractivity contribution >= 4 is 29.1 Å². The number of hydrogen-bond donors (Lipinski definition) is 3. The molecule has 3 aromatic carbocycles. The normalized spacial score (nSPS) is 9.97. The van der Waals surface area contributed by atoms with Crippen molar-refractivity contribution in [3.8, 4) is 22.6 Å². The predicted octanol–water partition coefficient (Wildman–Crippen LogP) is 3.08. The van der Waals surface area contributed by atoms with Gasteiger partial charge in [0.25, 0.3) is 11.8 Å². The van der Waals surface area contributed by atoms with Gasteiger partial charge in [0.1, 0.15) is 11.5 Å². The highest BCUT2D eigenvalue weighted by atomic mass is 32.1. The SMILES string of the molecule is COc1ccc(C(=O)NC(=S)NNC(=O)COc2ccccc2-c2ccccc2)cc1. The van der Waals surface area contributed by atoms with Gasteiger partial charge in [0.2, 0.25) is 0 Å². The average Bonchev–Trinajstić information content (AvgIpc) is 2.82. The van der Waals surface area contributed by atoms with Crippen LogP contribution >= 0.6 is 12.2 Å². The Labute approximate surface area is 185 Å². The van der Waals surface area contributed by atoms with Crippen LogP contribution in [0.15, 0.2) is 78.9 Å². The summed E-state index contributed by atoms with van der Waals surface area (Å²) < 4.78 is 10.7. The zero-order chi connectivity index (χ0) is 22.1. The number of para-hydroxylation sites is 1. The van der Waals surface area contributed by atoms with Gasteiger partial charge in [-0.1, -0.05) is 48.5 Å². The van der Waals surface area contributed by atoms with Gasteiger partial charge in [-0.2, -0.15) is 0 Å². The van der Waals surface area contributed by atoms with Crippen LogP contribution in [-0.2, 0) is 4.79 Å². The maximum atomic E-state index is 12.2. The van der Waals surface area contributed by atoms with E-state index in [0.29, 0.717) is 17.1 Å². The largest absolute Gasteiger partial charge is 0.497 e. The minimum atomic E-state index is -0.455. The van der Waals surface area contributed by atoms with E-state index in [4.69, 9.17) is 21.7 Å². The average molecular weight is 436 g/mol. The Bertz CT molecular complexity index is 1060. The number of hydrazine groups is 1. The van der Waals surface area contributed by atoms with Crippen LogP contribution in [0.1, 0.15) is 10.4 Å². The van der Waals surface area contributed by atoms with E-state index in [1.807, 2.05) is 48.5 Å². The molecule has 0 saturated heterocycles. The summed E-state index contributed by atoms with van der Waals surface area (Å²) in [5.41, 5.74) is 7.15. The predicted molar refractivity (Wildman–Crippen MR) is 122 cm³/mol. The molecule has 0 aliphatic heterocycles. The number of thiocarbonyl (C=S) groups is 1. The molecule has 8 heteroatoms. The maximum absolute atomic E-state index is 12.2. The molecule has 3 aromatic rings. The van der Waals surface area contributed by atoms with E-state index in [-0.39, 0.29) is 11.7 Å². The summed E-state index contributed by atoms with van der Waals surface area (Å²) in [5, 5.41) is 2.44. The van der Waals surface area contributed by atoms with Gasteiger partial charge in [0.15, 0.2) is 11.7 Å². The second-order valence-corrected chi connectivity index (χ2v) is 6.74. The van der Waals surface area contributed by atoms with E-state index < -0.39 is 11.8 Å². The second kappa shape index (κ2) is 10.7. The van der Waals surface area contributed by atoms with Gasteiger partial charge in [0.05, 0.1) is 7.11 Å². The van der Waals surface area contributed by atoms with Crippen LogP contribution in [0.4, 0.5) is 0 Å². The first kappa shape index (κ1) is 21.8. The fraction of sp³-hybridized carbons (Fsp3) is 0.0870. The zero-order valence-corrected chi connectivity index (χ0v) is 17.6. The van der Waals surface area contributed by atoms with Gasteiger partial charge in [-0.15, -0.1) is 0 Å². The molecule has 3 N–H and O–H groups in total. The molecule has 0 aliphatic rings. The number of carbonyl (C=O) groups excluding carboxylic acids is 2. The molecule has 0 fully saturated rings. The number of rotatable bonds is 6. The van der Waals surface area contributed by atoms with Crippen molar-refractivity contribution in [1.82, 2.24) is 16.2 Å². The molecule has 0 aliphatic carbocycles. The Morgan fingerprint density at radius 3 is 2.26 bits per heavy atom. The van der Waals surface area contributed by atoms with Crippen molar-refractivity contribution in [2.24, 2.45) is 0 Å². The molecule has 158 valence electrons. The molecule has 0 radical (unpaired) electrons. The highest BCUT2D eigenvalue weighted by Crippen LogP contribution is 2.29. The van der Waals surface area contributed by atoms with E-state index in [9.17, 15) is 9.59 Å². The van der Waals surface area contributed by atoms with Gasteiger partial charge >= 0.3 is 0 Å². The number of methoxy groups -OCH3 is 1. The Morgan fingerprint density at radius 2 is 1.55 bits per heavy atom. The molecule has 7 nitrogen and oxygen atoms in total. The molecule has 31 heavy (non-hydrogen) atoms. The Morgan fingerprint density at radius 1 is 0.871 bits per heavy atom. The molecular weight excluding hydrogens is 414 g/mol. The van der Waals surface area contributed by atoms with E-state index in [1.165, 1.54) is 0 Å². The molecule has 0 atom stereocenters. The highest BCUT2D eigenvalue weighted by molar-refractivity contribution is 7.80. The van der Waals surface area contributed by atoms with Gasteiger partial charge in [0, 0.05) is 11.1 Å². The summed E-state index contributed by atoms with van der Waals surface area (Å²) in [4.78, 5) is 24.3. The lowest BCUT2D eigenvalue weighted by molar-refractivity contribution is -0.123. The first-order chi connectivity index (χ1) is 15.1.